The molecule has 1 fully saturated rings. The van der Waals surface area contributed by atoms with Crippen LogP contribution in [0.5, 0.6) is 0 Å². The third-order valence-corrected chi connectivity index (χ3v) is 3.54. The summed E-state index contributed by atoms with van der Waals surface area (Å²) in [6.45, 7) is 3.18. The molecule has 106 valence electrons. The number of piperidine rings is 1. The Labute approximate surface area is 118 Å². The van der Waals surface area contributed by atoms with Gasteiger partial charge in [0.2, 0.25) is 0 Å². The SMILES string of the molecule is COCc1nc(Cl)cc(N2CCC(COC)CC2)n1. The van der Waals surface area contributed by atoms with Gasteiger partial charge < -0.3 is 14.4 Å². The van der Waals surface area contributed by atoms with Crippen molar-refractivity contribution in [2.24, 2.45) is 5.92 Å². The van der Waals surface area contributed by atoms with Crippen LogP contribution in [-0.2, 0) is 16.1 Å². The highest BCUT2D eigenvalue weighted by atomic mass is 35.5. The zero-order valence-corrected chi connectivity index (χ0v) is 12.2. The summed E-state index contributed by atoms with van der Waals surface area (Å²) < 4.78 is 10.3. The minimum atomic E-state index is 0.383. The van der Waals surface area contributed by atoms with Gasteiger partial charge in [-0.05, 0) is 18.8 Å². The molecule has 1 saturated heterocycles. The van der Waals surface area contributed by atoms with E-state index >= 15 is 0 Å². The van der Waals surface area contributed by atoms with Gasteiger partial charge in [-0.25, -0.2) is 9.97 Å². The number of hydrogen-bond donors (Lipinski definition) is 0. The minimum Gasteiger partial charge on any atom is -0.384 e. The smallest absolute Gasteiger partial charge is 0.158 e. The number of hydrogen-bond acceptors (Lipinski definition) is 5. The van der Waals surface area contributed by atoms with Crippen LogP contribution in [0.1, 0.15) is 18.7 Å². The van der Waals surface area contributed by atoms with Gasteiger partial charge in [0.25, 0.3) is 0 Å². The van der Waals surface area contributed by atoms with Crippen molar-refractivity contribution < 1.29 is 9.47 Å². The number of aromatic nitrogens is 2. The van der Waals surface area contributed by atoms with E-state index in [9.17, 15) is 0 Å². The van der Waals surface area contributed by atoms with E-state index in [0.717, 1.165) is 38.4 Å². The lowest BCUT2D eigenvalue weighted by atomic mass is 9.98. The van der Waals surface area contributed by atoms with Crippen molar-refractivity contribution in [3.63, 3.8) is 0 Å². The predicted octanol–water partition coefficient (Wildman–Crippen LogP) is 2.14. The van der Waals surface area contributed by atoms with Crippen molar-refractivity contribution in [2.75, 3.05) is 38.8 Å². The number of ether oxygens (including phenoxy) is 2. The van der Waals surface area contributed by atoms with Gasteiger partial charge in [-0.3, -0.25) is 0 Å². The Morgan fingerprint density at radius 1 is 1.26 bits per heavy atom. The van der Waals surface area contributed by atoms with Crippen LogP contribution in [0.25, 0.3) is 0 Å². The normalized spacial score (nSPS) is 16.9. The quantitative estimate of drug-likeness (QED) is 0.776. The lowest BCUT2D eigenvalue weighted by molar-refractivity contribution is 0.139. The van der Waals surface area contributed by atoms with E-state index in [1.54, 1.807) is 14.2 Å². The molecule has 1 aliphatic rings. The molecule has 6 heteroatoms. The molecule has 0 aliphatic carbocycles. The number of anilines is 1. The highest BCUT2D eigenvalue weighted by Crippen LogP contribution is 2.23. The monoisotopic (exact) mass is 285 g/mol. The molecule has 0 aromatic carbocycles. The number of nitrogens with zero attached hydrogens (tertiary/aromatic N) is 3. The van der Waals surface area contributed by atoms with Crippen molar-refractivity contribution >= 4 is 17.4 Å². The largest absolute Gasteiger partial charge is 0.384 e. The second-order valence-electron chi connectivity index (χ2n) is 4.78. The van der Waals surface area contributed by atoms with Gasteiger partial charge in [-0.1, -0.05) is 11.6 Å². The molecular formula is C13H20ClN3O2. The third kappa shape index (κ3) is 4.03. The van der Waals surface area contributed by atoms with Crippen molar-refractivity contribution in [1.82, 2.24) is 9.97 Å². The molecule has 1 aliphatic heterocycles. The average Bonchev–Trinajstić information content (AvgIpc) is 2.40. The van der Waals surface area contributed by atoms with E-state index < -0.39 is 0 Å². The van der Waals surface area contributed by atoms with Crippen LogP contribution in [0.4, 0.5) is 5.82 Å². The summed E-state index contributed by atoms with van der Waals surface area (Å²) in [6.07, 6.45) is 2.24. The zero-order chi connectivity index (χ0) is 13.7. The van der Waals surface area contributed by atoms with Gasteiger partial charge in [0.1, 0.15) is 17.6 Å². The van der Waals surface area contributed by atoms with Gasteiger partial charge in [0.15, 0.2) is 5.82 Å². The third-order valence-electron chi connectivity index (χ3n) is 3.34. The highest BCUT2D eigenvalue weighted by Gasteiger charge is 2.20. The number of rotatable bonds is 5. The molecule has 0 radical (unpaired) electrons. The molecule has 2 heterocycles. The standard InChI is InChI=1S/C13H20ClN3O2/c1-18-8-10-3-5-17(6-4-10)13-7-11(14)15-12(16-13)9-19-2/h7,10H,3-6,8-9H2,1-2H3. The predicted molar refractivity (Wildman–Crippen MR) is 74.6 cm³/mol. The zero-order valence-electron chi connectivity index (χ0n) is 11.4. The summed E-state index contributed by atoms with van der Waals surface area (Å²) in [5.74, 6) is 2.17. The average molecular weight is 286 g/mol. The topological polar surface area (TPSA) is 47.5 Å². The molecule has 0 N–H and O–H groups in total. The number of methoxy groups -OCH3 is 2. The van der Waals surface area contributed by atoms with Gasteiger partial charge >= 0.3 is 0 Å². The van der Waals surface area contributed by atoms with E-state index in [-0.39, 0.29) is 0 Å². The summed E-state index contributed by atoms with van der Waals surface area (Å²) in [5, 5.41) is 0.469. The Bertz CT molecular complexity index is 409. The van der Waals surface area contributed by atoms with Crippen LogP contribution >= 0.6 is 11.6 Å². The van der Waals surface area contributed by atoms with Crippen LogP contribution in [0.15, 0.2) is 6.07 Å². The van der Waals surface area contributed by atoms with Crippen molar-refractivity contribution in [2.45, 2.75) is 19.4 Å². The molecule has 0 unspecified atom stereocenters. The van der Waals surface area contributed by atoms with E-state index in [4.69, 9.17) is 21.1 Å². The fourth-order valence-corrected chi connectivity index (χ4v) is 2.57. The molecule has 0 spiro atoms. The van der Waals surface area contributed by atoms with E-state index in [1.165, 1.54) is 0 Å². The first-order valence-corrected chi connectivity index (χ1v) is 6.87. The van der Waals surface area contributed by atoms with Gasteiger partial charge in [-0.15, -0.1) is 0 Å². The van der Waals surface area contributed by atoms with Gasteiger partial charge in [0.05, 0.1) is 0 Å². The Kier molecular flexibility index (Phi) is 5.36. The summed E-state index contributed by atoms with van der Waals surface area (Å²) in [5.41, 5.74) is 0. The van der Waals surface area contributed by atoms with Crippen molar-refractivity contribution in [1.29, 1.82) is 0 Å². The van der Waals surface area contributed by atoms with E-state index in [2.05, 4.69) is 14.9 Å². The molecule has 0 saturated carbocycles. The summed E-state index contributed by atoms with van der Waals surface area (Å²) in [6, 6.07) is 1.82. The van der Waals surface area contributed by atoms with Crippen molar-refractivity contribution in [3.05, 3.63) is 17.0 Å². The molecular weight excluding hydrogens is 266 g/mol. The van der Waals surface area contributed by atoms with Gasteiger partial charge in [0, 0.05) is 40.0 Å². The Morgan fingerprint density at radius 3 is 2.63 bits per heavy atom. The molecule has 5 nitrogen and oxygen atoms in total. The lowest BCUT2D eigenvalue weighted by Crippen LogP contribution is -2.35. The maximum Gasteiger partial charge on any atom is 0.158 e. The maximum absolute atomic E-state index is 6.03. The second kappa shape index (κ2) is 7.03. The maximum atomic E-state index is 6.03. The molecule has 19 heavy (non-hydrogen) atoms. The molecule has 1 aromatic heterocycles. The van der Waals surface area contributed by atoms with Crippen molar-refractivity contribution in [3.8, 4) is 0 Å². The minimum absolute atomic E-state index is 0.383. The van der Waals surface area contributed by atoms with Crippen LogP contribution in [-0.4, -0.2) is 43.9 Å². The highest BCUT2D eigenvalue weighted by molar-refractivity contribution is 6.29. The summed E-state index contributed by atoms with van der Waals surface area (Å²) in [4.78, 5) is 10.9. The van der Waals surface area contributed by atoms with Crippen LogP contribution in [0.2, 0.25) is 5.15 Å². The first-order chi connectivity index (χ1) is 9.22. The Hall–Kier alpha value is -0.910. The lowest BCUT2D eigenvalue weighted by Gasteiger charge is -2.32. The molecule has 0 atom stereocenters. The molecule has 1 aromatic rings. The first kappa shape index (κ1) is 14.5. The first-order valence-electron chi connectivity index (χ1n) is 6.49. The van der Waals surface area contributed by atoms with E-state index in [0.29, 0.717) is 23.5 Å². The fourth-order valence-electron chi connectivity index (χ4n) is 2.37. The Morgan fingerprint density at radius 2 is 2.00 bits per heavy atom. The van der Waals surface area contributed by atoms with Crippen LogP contribution in [0.3, 0.4) is 0 Å². The van der Waals surface area contributed by atoms with Crippen LogP contribution in [0, 0.1) is 5.92 Å². The molecule has 2 rings (SSSR count). The second-order valence-corrected chi connectivity index (χ2v) is 5.17. The van der Waals surface area contributed by atoms with Crippen LogP contribution < -0.4 is 4.90 Å². The summed E-state index contributed by atoms with van der Waals surface area (Å²) >= 11 is 6.03. The Balaban J connectivity index is 2.02. The summed E-state index contributed by atoms with van der Waals surface area (Å²) in [7, 11) is 3.38. The van der Waals surface area contributed by atoms with Gasteiger partial charge in [-0.2, -0.15) is 0 Å². The fraction of sp³-hybridized carbons (Fsp3) is 0.692. The number of halogens is 1. The van der Waals surface area contributed by atoms with E-state index in [1.807, 2.05) is 6.07 Å². The molecule has 0 bridgehead atoms. The molecule has 0 amide bonds.